The van der Waals surface area contributed by atoms with E-state index in [0.29, 0.717) is 26.2 Å². The van der Waals surface area contributed by atoms with Gasteiger partial charge in [0.2, 0.25) is 0 Å². The molecule has 0 saturated carbocycles. The first-order valence-electron chi connectivity index (χ1n) is 11.9. The summed E-state index contributed by atoms with van der Waals surface area (Å²) >= 11 is 0. The van der Waals surface area contributed by atoms with Gasteiger partial charge in [-0.1, -0.05) is 59.8 Å². The summed E-state index contributed by atoms with van der Waals surface area (Å²) in [5, 5.41) is 14.7. The molecule has 4 aromatic rings. The fourth-order valence-electron chi connectivity index (χ4n) is 4.10. The van der Waals surface area contributed by atoms with Gasteiger partial charge in [0.05, 0.1) is 6.54 Å². The van der Waals surface area contributed by atoms with E-state index >= 15 is 0 Å². The Bertz CT molecular complexity index is 1310. The van der Waals surface area contributed by atoms with E-state index in [9.17, 15) is 9.90 Å². The summed E-state index contributed by atoms with van der Waals surface area (Å²) in [4.78, 5) is 16.4. The summed E-state index contributed by atoms with van der Waals surface area (Å²) in [5.41, 5.74) is 4.71. The Morgan fingerprint density at radius 2 is 1.78 bits per heavy atom. The van der Waals surface area contributed by atoms with Crippen molar-refractivity contribution >= 4 is 22.6 Å². The molecule has 36 heavy (non-hydrogen) atoms. The molecule has 4 rings (SSSR count). The number of carbonyl (C=O) groups is 1. The molecule has 0 fully saturated rings. The van der Waals surface area contributed by atoms with Crippen molar-refractivity contribution in [1.82, 2.24) is 4.57 Å². The third-order valence-corrected chi connectivity index (χ3v) is 5.87. The highest BCUT2D eigenvalue weighted by Gasteiger charge is 2.18. The molecule has 0 amide bonds. The van der Waals surface area contributed by atoms with Crippen LogP contribution < -0.4 is 4.74 Å². The smallest absolute Gasteiger partial charge is 0.333 e. The van der Waals surface area contributed by atoms with Crippen LogP contribution in [-0.2, 0) is 27.3 Å². The molecule has 1 N–H and O–H groups in total. The van der Waals surface area contributed by atoms with Crippen molar-refractivity contribution in [2.45, 2.75) is 26.0 Å². The summed E-state index contributed by atoms with van der Waals surface area (Å²) < 4.78 is 13.4. The highest BCUT2D eigenvalue weighted by atomic mass is 16.6. The van der Waals surface area contributed by atoms with Gasteiger partial charge in [0.1, 0.15) is 25.2 Å². The van der Waals surface area contributed by atoms with Crippen molar-refractivity contribution in [2.75, 3.05) is 20.3 Å². The van der Waals surface area contributed by atoms with Crippen LogP contribution in [0.15, 0.2) is 90.2 Å². The Morgan fingerprint density at radius 1 is 1.00 bits per heavy atom. The molecule has 0 aliphatic rings. The highest BCUT2D eigenvalue weighted by Crippen LogP contribution is 2.21. The summed E-state index contributed by atoms with van der Waals surface area (Å²) in [6.45, 7) is 3.31. The second-order valence-corrected chi connectivity index (χ2v) is 8.25. The number of oxime groups is 1. The predicted molar refractivity (Wildman–Crippen MR) is 140 cm³/mol. The maximum Gasteiger partial charge on any atom is 0.333 e. The van der Waals surface area contributed by atoms with Crippen molar-refractivity contribution < 1.29 is 24.2 Å². The Balaban J connectivity index is 1.42. The molecule has 0 aliphatic heterocycles. The molecule has 1 atom stereocenters. The first kappa shape index (κ1) is 25.0. The van der Waals surface area contributed by atoms with Crippen molar-refractivity contribution in [3.63, 3.8) is 0 Å². The highest BCUT2D eigenvalue weighted by molar-refractivity contribution is 6.13. The molecule has 7 heteroatoms. The number of hydrogen-bond acceptors (Lipinski definition) is 5. The Kier molecular flexibility index (Phi) is 8.36. The fraction of sp³-hybridized carbons (Fsp3) is 0.241. The number of hydrogen-bond donors (Lipinski definition) is 1. The number of fused-ring (bicyclic) bond motifs is 1. The van der Waals surface area contributed by atoms with Crippen LogP contribution in [0.5, 0.6) is 5.75 Å². The summed E-state index contributed by atoms with van der Waals surface area (Å²) in [6, 6.07) is 25.8. The lowest BCUT2D eigenvalue weighted by Gasteiger charge is -2.13. The number of benzene rings is 3. The average Bonchev–Trinajstić information content (AvgIpc) is 3.30. The van der Waals surface area contributed by atoms with E-state index in [0.717, 1.165) is 39.1 Å². The number of ether oxygens (including phenoxy) is 2. The molecular weight excluding hydrogens is 456 g/mol. The van der Waals surface area contributed by atoms with E-state index in [-0.39, 0.29) is 0 Å². The monoisotopic (exact) mass is 486 g/mol. The third kappa shape index (κ3) is 6.12. The molecule has 3 aromatic carbocycles. The number of aliphatic carboxylic acids is 1. The molecule has 1 heterocycles. The second-order valence-electron chi connectivity index (χ2n) is 8.25. The van der Waals surface area contributed by atoms with Crippen LogP contribution in [0.2, 0.25) is 0 Å². The molecule has 0 bridgehead atoms. The molecule has 0 saturated heterocycles. The van der Waals surface area contributed by atoms with E-state index in [1.165, 1.54) is 0 Å². The minimum Gasteiger partial charge on any atom is -0.492 e. The van der Waals surface area contributed by atoms with Crippen LogP contribution in [0.25, 0.3) is 10.9 Å². The summed E-state index contributed by atoms with van der Waals surface area (Å²) in [7, 11) is 1.55. The van der Waals surface area contributed by atoms with Crippen molar-refractivity contribution in [2.24, 2.45) is 5.16 Å². The van der Waals surface area contributed by atoms with Gasteiger partial charge in [-0.25, -0.2) is 4.79 Å². The topological polar surface area (TPSA) is 82.3 Å². The third-order valence-electron chi connectivity index (χ3n) is 5.87. The summed E-state index contributed by atoms with van der Waals surface area (Å²) in [6.07, 6.45) is 1.53. The van der Waals surface area contributed by atoms with E-state index in [1.807, 2.05) is 54.6 Å². The molecule has 0 spiro atoms. The largest absolute Gasteiger partial charge is 0.492 e. The minimum atomic E-state index is -0.955. The lowest BCUT2D eigenvalue weighted by Crippen LogP contribution is -2.26. The van der Waals surface area contributed by atoms with Gasteiger partial charge >= 0.3 is 5.97 Å². The lowest BCUT2D eigenvalue weighted by molar-refractivity contribution is -0.149. The van der Waals surface area contributed by atoms with E-state index < -0.39 is 12.1 Å². The zero-order chi connectivity index (χ0) is 25.3. The van der Waals surface area contributed by atoms with Crippen molar-refractivity contribution in [3.05, 3.63) is 102 Å². The van der Waals surface area contributed by atoms with Crippen LogP contribution in [-0.4, -0.2) is 47.8 Å². The first-order valence-corrected chi connectivity index (χ1v) is 11.9. The zero-order valence-electron chi connectivity index (χ0n) is 20.5. The van der Waals surface area contributed by atoms with Crippen molar-refractivity contribution in [3.8, 4) is 5.75 Å². The molecule has 186 valence electrons. The van der Waals surface area contributed by atoms with Crippen LogP contribution in [0, 0.1) is 0 Å². The van der Waals surface area contributed by atoms with Gasteiger partial charge in [-0.3, -0.25) is 0 Å². The molecule has 1 aromatic heterocycles. The molecule has 0 radical (unpaired) electrons. The van der Waals surface area contributed by atoms with Gasteiger partial charge < -0.3 is 24.0 Å². The van der Waals surface area contributed by atoms with E-state index in [1.54, 1.807) is 14.0 Å². The normalized spacial score (nSPS) is 12.4. The second kappa shape index (κ2) is 12.0. The lowest BCUT2D eigenvalue weighted by atomic mass is 10.0. The predicted octanol–water partition coefficient (Wildman–Crippen LogP) is 5.15. The number of aromatic nitrogens is 1. The Labute approximate surface area is 210 Å². The zero-order valence-corrected chi connectivity index (χ0v) is 20.5. The molecular formula is C29H30N2O5. The van der Waals surface area contributed by atoms with Crippen LogP contribution in [0.3, 0.4) is 0 Å². The molecule has 7 nitrogen and oxygen atoms in total. The first-order chi connectivity index (χ1) is 17.6. The van der Waals surface area contributed by atoms with E-state index in [4.69, 9.17) is 14.3 Å². The van der Waals surface area contributed by atoms with Gasteiger partial charge in [-0.2, -0.15) is 0 Å². The van der Waals surface area contributed by atoms with Gasteiger partial charge in [0, 0.05) is 35.9 Å². The standard InChI is InChI=1S/C29H30N2O5/c1-3-35-27(29(32)33)19-21-9-13-25(14-10-21)36-18-17-31-16-15-22-11-12-24(20-26(22)31)28(30-34-2)23-7-5-4-6-8-23/h4-16,20,27H,3,17-19H2,1-2H3,(H,32,33)/b30-28+. The van der Waals surface area contributed by atoms with E-state index in [2.05, 4.69) is 40.2 Å². The number of rotatable bonds is 12. The van der Waals surface area contributed by atoms with Gasteiger partial charge in [-0.15, -0.1) is 0 Å². The average molecular weight is 487 g/mol. The van der Waals surface area contributed by atoms with Gasteiger partial charge in [-0.05, 0) is 42.1 Å². The Morgan fingerprint density at radius 3 is 2.47 bits per heavy atom. The number of nitrogens with zero attached hydrogens (tertiary/aromatic N) is 2. The van der Waals surface area contributed by atoms with Gasteiger partial charge in [0.15, 0.2) is 6.10 Å². The van der Waals surface area contributed by atoms with Crippen LogP contribution >= 0.6 is 0 Å². The number of carboxylic acids is 1. The molecule has 0 aliphatic carbocycles. The maximum atomic E-state index is 11.3. The quantitative estimate of drug-likeness (QED) is 0.221. The fourth-order valence-corrected chi connectivity index (χ4v) is 4.10. The minimum absolute atomic E-state index is 0.318. The number of carboxylic acid groups (broad SMARTS) is 1. The van der Waals surface area contributed by atoms with Crippen LogP contribution in [0.1, 0.15) is 23.6 Å². The van der Waals surface area contributed by atoms with Crippen molar-refractivity contribution in [1.29, 1.82) is 0 Å². The Hall–Kier alpha value is -4.10. The van der Waals surface area contributed by atoms with Gasteiger partial charge in [0.25, 0.3) is 0 Å². The molecule has 1 unspecified atom stereocenters. The maximum absolute atomic E-state index is 11.3. The van der Waals surface area contributed by atoms with Crippen LogP contribution in [0.4, 0.5) is 0 Å². The summed E-state index contributed by atoms with van der Waals surface area (Å²) in [5.74, 6) is -0.221. The SMILES string of the molecule is CCOC(Cc1ccc(OCCn2ccc3ccc(/C(=N/OC)c4ccccc4)cc32)cc1)C(=O)O.